The molecule has 4 heteroatoms. The van der Waals surface area contributed by atoms with Crippen molar-refractivity contribution in [1.29, 1.82) is 0 Å². The van der Waals surface area contributed by atoms with Crippen molar-refractivity contribution in [2.75, 3.05) is 12.3 Å². The van der Waals surface area contributed by atoms with Gasteiger partial charge in [-0.05, 0) is 34.7 Å². The summed E-state index contributed by atoms with van der Waals surface area (Å²) < 4.78 is 5.83. The van der Waals surface area contributed by atoms with Gasteiger partial charge in [-0.15, -0.1) is 0 Å². The van der Waals surface area contributed by atoms with Crippen LogP contribution in [0.4, 0.5) is 5.82 Å². The zero-order chi connectivity index (χ0) is 15.5. The second-order valence-corrected chi connectivity index (χ2v) is 6.36. The van der Waals surface area contributed by atoms with E-state index in [4.69, 9.17) is 10.5 Å². The van der Waals surface area contributed by atoms with Crippen molar-refractivity contribution >= 4 is 5.82 Å². The van der Waals surface area contributed by atoms with Gasteiger partial charge in [0.15, 0.2) is 0 Å². The van der Waals surface area contributed by atoms with Crippen molar-refractivity contribution in [3.8, 4) is 5.88 Å². The molecule has 0 fully saturated rings. The summed E-state index contributed by atoms with van der Waals surface area (Å²) in [7, 11) is 0. The summed E-state index contributed by atoms with van der Waals surface area (Å²) in [6.07, 6.45) is 3.52. The van der Waals surface area contributed by atoms with E-state index in [0.29, 0.717) is 18.3 Å². The van der Waals surface area contributed by atoms with E-state index in [1.54, 1.807) is 12.4 Å². The molecule has 2 aromatic heterocycles. The quantitative estimate of drug-likeness (QED) is 0.933. The normalized spacial score (nSPS) is 13.0. The van der Waals surface area contributed by atoms with Crippen LogP contribution in [0.25, 0.3) is 0 Å². The summed E-state index contributed by atoms with van der Waals surface area (Å²) in [4.78, 5) is 8.28. The molecule has 2 rings (SSSR count). The lowest BCUT2D eigenvalue weighted by Gasteiger charge is -2.20. The summed E-state index contributed by atoms with van der Waals surface area (Å²) in [5.41, 5.74) is 8.13. The van der Waals surface area contributed by atoms with Gasteiger partial charge in [0.2, 0.25) is 5.88 Å². The fraction of sp³-hybridized carbons (Fsp3) is 0.412. The Morgan fingerprint density at radius 2 is 1.86 bits per heavy atom. The fourth-order valence-electron chi connectivity index (χ4n) is 2.03. The highest BCUT2D eigenvalue weighted by Crippen LogP contribution is 2.25. The van der Waals surface area contributed by atoms with Crippen molar-refractivity contribution in [1.82, 2.24) is 9.97 Å². The Morgan fingerprint density at radius 3 is 2.52 bits per heavy atom. The first-order chi connectivity index (χ1) is 9.86. The molecule has 0 saturated carbocycles. The second-order valence-electron chi connectivity index (χ2n) is 6.36. The van der Waals surface area contributed by atoms with Gasteiger partial charge in [-0.1, -0.05) is 27.7 Å². The monoisotopic (exact) mass is 285 g/mol. The maximum atomic E-state index is 5.83. The number of hydrogen-bond acceptors (Lipinski definition) is 4. The minimum absolute atomic E-state index is 0.0895. The van der Waals surface area contributed by atoms with Crippen LogP contribution in [0.15, 0.2) is 36.7 Å². The average Bonchev–Trinajstić information content (AvgIpc) is 2.44. The van der Waals surface area contributed by atoms with Crippen LogP contribution < -0.4 is 10.5 Å². The molecule has 0 aromatic carbocycles. The Morgan fingerprint density at radius 1 is 1.14 bits per heavy atom. The fourth-order valence-corrected chi connectivity index (χ4v) is 2.03. The van der Waals surface area contributed by atoms with Crippen molar-refractivity contribution in [3.63, 3.8) is 0 Å². The van der Waals surface area contributed by atoms with E-state index in [-0.39, 0.29) is 11.3 Å². The maximum absolute atomic E-state index is 5.83. The van der Waals surface area contributed by atoms with Gasteiger partial charge in [-0.3, -0.25) is 0 Å². The Bertz CT molecular complexity index is 605. The van der Waals surface area contributed by atoms with Crippen LogP contribution in [0, 0.1) is 0 Å². The lowest BCUT2D eigenvalue weighted by Crippen LogP contribution is -2.13. The van der Waals surface area contributed by atoms with Crippen LogP contribution in [0.1, 0.15) is 44.7 Å². The molecule has 0 spiro atoms. The summed E-state index contributed by atoms with van der Waals surface area (Å²) in [5, 5.41) is 0. The predicted molar refractivity (Wildman–Crippen MR) is 85.5 cm³/mol. The summed E-state index contributed by atoms with van der Waals surface area (Å²) in [5.74, 6) is 1.43. The van der Waals surface area contributed by atoms with E-state index in [9.17, 15) is 0 Å². The van der Waals surface area contributed by atoms with E-state index in [2.05, 4.69) is 37.7 Å². The van der Waals surface area contributed by atoms with Gasteiger partial charge in [0.25, 0.3) is 0 Å². The Kier molecular flexibility index (Phi) is 4.46. The summed E-state index contributed by atoms with van der Waals surface area (Å²) in [6.45, 7) is 9.18. The molecule has 2 heterocycles. The topological polar surface area (TPSA) is 61.0 Å². The zero-order valence-corrected chi connectivity index (χ0v) is 13.1. The van der Waals surface area contributed by atoms with Gasteiger partial charge in [0.05, 0.1) is 6.61 Å². The first-order valence-electron chi connectivity index (χ1n) is 7.17. The Balaban J connectivity index is 2.03. The van der Waals surface area contributed by atoms with Crippen LogP contribution in [0.5, 0.6) is 5.88 Å². The molecule has 1 unspecified atom stereocenters. The molecule has 0 bridgehead atoms. The van der Waals surface area contributed by atoms with Crippen LogP contribution in [-0.4, -0.2) is 16.6 Å². The van der Waals surface area contributed by atoms with Crippen LogP contribution in [0.3, 0.4) is 0 Å². The number of anilines is 1. The van der Waals surface area contributed by atoms with E-state index in [0.717, 1.165) is 5.56 Å². The highest BCUT2D eigenvalue weighted by atomic mass is 16.5. The van der Waals surface area contributed by atoms with E-state index >= 15 is 0 Å². The number of nitrogens with two attached hydrogens (primary N) is 1. The zero-order valence-electron chi connectivity index (χ0n) is 13.1. The lowest BCUT2D eigenvalue weighted by molar-refractivity contribution is 0.284. The Hall–Kier alpha value is -2.10. The number of pyridine rings is 2. The largest absolute Gasteiger partial charge is 0.477 e. The second kappa shape index (κ2) is 6.12. The van der Waals surface area contributed by atoms with Gasteiger partial charge in [0, 0.05) is 24.4 Å². The molecule has 0 saturated heterocycles. The van der Waals surface area contributed by atoms with E-state index in [1.165, 1.54) is 5.56 Å². The van der Waals surface area contributed by atoms with Gasteiger partial charge < -0.3 is 10.5 Å². The molecule has 1 atom stereocenters. The molecule has 112 valence electrons. The van der Waals surface area contributed by atoms with Crippen LogP contribution >= 0.6 is 0 Å². The summed E-state index contributed by atoms with van der Waals surface area (Å²) >= 11 is 0. The number of nitrogen functional groups attached to an aromatic ring is 1. The first kappa shape index (κ1) is 15.3. The Labute approximate surface area is 126 Å². The van der Waals surface area contributed by atoms with Gasteiger partial charge in [0.1, 0.15) is 5.82 Å². The van der Waals surface area contributed by atoms with Crippen LogP contribution in [0.2, 0.25) is 0 Å². The maximum Gasteiger partial charge on any atom is 0.213 e. The molecule has 0 radical (unpaired) electrons. The SMILES string of the molecule is CC(COc1cc(C(C)(C)C)ccn1)c1ccnc(N)c1. The number of rotatable bonds is 4. The predicted octanol–water partition coefficient (Wildman–Crippen LogP) is 3.54. The smallest absolute Gasteiger partial charge is 0.213 e. The number of ether oxygens (including phenoxy) is 1. The molecule has 4 nitrogen and oxygen atoms in total. The van der Waals surface area contributed by atoms with Gasteiger partial charge >= 0.3 is 0 Å². The molecular formula is C17H23N3O. The minimum atomic E-state index is 0.0895. The highest BCUT2D eigenvalue weighted by molar-refractivity contribution is 5.33. The molecule has 0 amide bonds. The lowest BCUT2D eigenvalue weighted by atomic mass is 9.88. The number of aromatic nitrogens is 2. The van der Waals surface area contributed by atoms with E-state index < -0.39 is 0 Å². The third-order valence-electron chi connectivity index (χ3n) is 3.46. The third kappa shape index (κ3) is 4.18. The first-order valence-corrected chi connectivity index (χ1v) is 7.17. The molecule has 0 aliphatic heterocycles. The average molecular weight is 285 g/mol. The van der Waals surface area contributed by atoms with Crippen molar-refractivity contribution in [2.45, 2.75) is 39.0 Å². The number of nitrogens with zero attached hydrogens (tertiary/aromatic N) is 2. The van der Waals surface area contributed by atoms with Crippen molar-refractivity contribution in [3.05, 3.63) is 47.8 Å². The molecular weight excluding hydrogens is 262 g/mol. The standard InChI is InChI=1S/C17H23N3O/c1-12(13-5-7-19-15(18)9-13)11-21-16-10-14(6-8-20-16)17(2,3)4/h5-10,12H,11H2,1-4H3,(H2,18,19). The van der Waals surface area contributed by atoms with Crippen LogP contribution in [-0.2, 0) is 5.41 Å². The summed E-state index contributed by atoms with van der Waals surface area (Å²) in [6, 6.07) is 7.88. The minimum Gasteiger partial charge on any atom is -0.477 e. The van der Waals surface area contributed by atoms with E-state index in [1.807, 2.05) is 24.3 Å². The molecule has 2 N–H and O–H groups in total. The molecule has 2 aromatic rings. The van der Waals surface area contributed by atoms with Crippen molar-refractivity contribution in [2.24, 2.45) is 0 Å². The number of hydrogen-bond donors (Lipinski definition) is 1. The molecule has 21 heavy (non-hydrogen) atoms. The highest BCUT2D eigenvalue weighted by Gasteiger charge is 2.15. The van der Waals surface area contributed by atoms with Crippen molar-refractivity contribution < 1.29 is 4.74 Å². The molecule has 0 aliphatic rings. The molecule has 0 aliphatic carbocycles. The van der Waals surface area contributed by atoms with Gasteiger partial charge in [-0.25, -0.2) is 9.97 Å². The third-order valence-corrected chi connectivity index (χ3v) is 3.46. The van der Waals surface area contributed by atoms with Gasteiger partial charge in [-0.2, -0.15) is 0 Å².